The van der Waals surface area contributed by atoms with Crippen LogP contribution in [-0.2, 0) is 6.42 Å². The Hall–Kier alpha value is -1.81. The molecular formula is C14H15ClN2O2. The van der Waals surface area contributed by atoms with Gasteiger partial charge in [0.15, 0.2) is 0 Å². The molecule has 1 aromatic carbocycles. The van der Waals surface area contributed by atoms with Crippen LogP contribution in [0.2, 0.25) is 5.02 Å². The molecule has 0 saturated carbocycles. The fourth-order valence-corrected chi connectivity index (χ4v) is 2.21. The second-order valence-electron chi connectivity index (χ2n) is 4.43. The van der Waals surface area contributed by atoms with E-state index in [0.29, 0.717) is 22.8 Å². The Labute approximate surface area is 116 Å². The van der Waals surface area contributed by atoms with E-state index in [0.717, 1.165) is 17.5 Å². The molecule has 0 aliphatic heterocycles. The fraction of sp³-hybridized carbons (Fsp3) is 0.286. The van der Waals surface area contributed by atoms with E-state index in [1.54, 1.807) is 18.2 Å². The van der Waals surface area contributed by atoms with Gasteiger partial charge in [-0.15, -0.1) is 0 Å². The summed E-state index contributed by atoms with van der Waals surface area (Å²) in [5, 5.41) is 10.5. The summed E-state index contributed by atoms with van der Waals surface area (Å²) in [5.41, 5.74) is 1.68. The maximum absolute atomic E-state index is 11.9. The van der Waals surface area contributed by atoms with E-state index in [1.807, 2.05) is 13.8 Å². The van der Waals surface area contributed by atoms with Crippen molar-refractivity contribution in [3.8, 4) is 17.3 Å². The van der Waals surface area contributed by atoms with Gasteiger partial charge >= 0.3 is 0 Å². The molecular weight excluding hydrogens is 264 g/mol. The zero-order chi connectivity index (χ0) is 14.0. The molecule has 2 rings (SSSR count). The Morgan fingerprint density at radius 1 is 1.42 bits per heavy atom. The number of benzene rings is 1. The van der Waals surface area contributed by atoms with Crippen molar-refractivity contribution in [3.05, 3.63) is 44.7 Å². The lowest BCUT2D eigenvalue weighted by Gasteiger charge is -2.08. The van der Waals surface area contributed by atoms with E-state index < -0.39 is 0 Å². The Bertz CT molecular complexity index is 665. The van der Waals surface area contributed by atoms with Gasteiger partial charge in [-0.3, -0.25) is 4.79 Å². The van der Waals surface area contributed by atoms with Gasteiger partial charge < -0.3 is 10.1 Å². The van der Waals surface area contributed by atoms with Gasteiger partial charge in [-0.05, 0) is 37.1 Å². The van der Waals surface area contributed by atoms with Crippen LogP contribution in [0.15, 0.2) is 23.0 Å². The molecule has 0 amide bonds. The van der Waals surface area contributed by atoms with Crippen molar-refractivity contribution in [1.29, 1.82) is 0 Å². The number of halogens is 1. The largest absolute Gasteiger partial charge is 0.493 e. The van der Waals surface area contributed by atoms with Crippen molar-refractivity contribution in [2.24, 2.45) is 0 Å². The van der Waals surface area contributed by atoms with E-state index in [9.17, 15) is 9.90 Å². The zero-order valence-electron chi connectivity index (χ0n) is 10.8. The molecule has 0 saturated heterocycles. The predicted octanol–water partition coefficient (Wildman–Crippen LogP) is 3.06. The topological polar surface area (TPSA) is 66.0 Å². The Morgan fingerprint density at radius 3 is 2.74 bits per heavy atom. The summed E-state index contributed by atoms with van der Waals surface area (Å²) in [6, 6.07) is 5.28. The summed E-state index contributed by atoms with van der Waals surface area (Å²) >= 11 is 5.89. The smallest absolute Gasteiger partial charge is 0.258 e. The molecule has 0 aliphatic carbocycles. The summed E-state index contributed by atoms with van der Waals surface area (Å²) in [6.07, 6.45) is 1.28. The molecule has 19 heavy (non-hydrogen) atoms. The van der Waals surface area contributed by atoms with Gasteiger partial charge in [0.1, 0.15) is 5.82 Å². The third-order valence-electron chi connectivity index (χ3n) is 2.94. The molecule has 0 atom stereocenters. The summed E-state index contributed by atoms with van der Waals surface area (Å²) in [7, 11) is 0. The average Bonchev–Trinajstić information content (AvgIpc) is 2.33. The molecule has 0 spiro atoms. The number of H-pyrrole nitrogens is 1. The maximum atomic E-state index is 11.9. The van der Waals surface area contributed by atoms with E-state index in [1.165, 1.54) is 0 Å². The Balaban J connectivity index is 2.55. The van der Waals surface area contributed by atoms with Crippen LogP contribution >= 0.6 is 11.6 Å². The summed E-state index contributed by atoms with van der Waals surface area (Å²) in [6.45, 7) is 3.81. The molecule has 4 nitrogen and oxygen atoms in total. The number of nitrogens with zero attached hydrogens (tertiary/aromatic N) is 1. The lowest BCUT2D eigenvalue weighted by molar-refractivity contribution is 0.443. The first-order chi connectivity index (χ1) is 9.02. The Kier molecular flexibility index (Phi) is 3.90. The van der Waals surface area contributed by atoms with Gasteiger partial charge in [0.25, 0.3) is 5.56 Å². The molecule has 100 valence electrons. The van der Waals surface area contributed by atoms with E-state index >= 15 is 0 Å². The lowest BCUT2D eigenvalue weighted by Crippen LogP contribution is -2.15. The monoisotopic (exact) mass is 278 g/mol. The second kappa shape index (κ2) is 5.45. The number of aromatic amines is 1. The standard InChI is InChI=1S/C14H15ClN2O2/c1-3-4-11-13(18)16-12(17-14(11)19)10-6-5-9(15)7-8(10)2/h5-7H,3-4H2,1-2H3,(H2,16,17,18,19). The van der Waals surface area contributed by atoms with Crippen LogP contribution in [0, 0.1) is 6.92 Å². The quantitative estimate of drug-likeness (QED) is 0.907. The SMILES string of the molecule is CCCc1c(O)nc(-c2ccc(Cl)cc2C)[nH]c1=O. The van der Waals surface area contributed by atoms with Crippen molar-refractivity contribution >= 4 is 11.6 Å². The first-order valence-electron chi connectivity index (χ1n) is 6.11. The maximum Gasteiger partial charge on any atom is 0.258 e. The number of hydrogen-bond acceptors (Lipinski definition) is 3. The highest BCUT2D eigenvalue weighted by molar-refractivity contribution is 6.30. The molecule has 5 heteroatoms. The van der Waals surface area contributed by atoms with Crippen molar-refractivity contribution in [2.45, 2.75) is 26.7 Å². The molecule has 1 aromatic heterocycles. The van der Waals surface area contributed by atoms with E-state index in [-0.39, 0.29) is 11.4 Å². The van der Waals surface area contributed by atoms with Crippen LogP contribution in [0.5, 0.6) is 5.88 Å². The highest BCUT2D eigenvalue weighted by Gasteiger charge is 2.12. The van der Waals surface area contributed by atoms with Crippen LogP contribution in [-0.4, -0.2) is 15.1 Å². The third kappa shape index (κ3) is 2.79. The number of aromatic hydroxyl groups is 1. The molecule has 1 heterocycles. The van der Waals surface area contributed by atoms with Crippen LogP contribution in [0.1, 0.15) is 24.5 Å². The van der Waals surface area contributed by atoms with E-state index in [4.69, 9.17) is 11.6 Å². The minimum Gasteiger partial charge on any atom is -0.493 e. The van der Waals surface area contributed by atoms with Gasteiger partial charge in [0.2, 0.25) is 5.88 Å². The number of aryl methyl sites for hydroxylation is 1. The normalized spacial score (nSPS) is 10.7. The van der Waals surface area contributed by atoms with Crippen LogP contribution in [0.4, 0.5) is 0 Å². The van der Waals surface area contributed by atoms with Crippen LogP contribution < -0.4 is 5.56 Å². The predicted molar refractivity (Wildman–Crippen MR) is 75.7 cm³/mol. The number of rotatable bonds is 3. The number of hydrogen-bond donors (Lipinski definition) is 2. The highest BCUT2D eigenvalue weighted by Crippen LogP contribution is 2.24. The third-order valence-corrected chi connectivity index (χ3v) is 3.17. The fourth-order valence-electron chi connectivity index (χ4n) is 1.98. The van der Waals surface area contributed by atoms with Gasteiger partial charge in [-0.2, -0.15) is 4.98 Å². The Morgan fingerprint density at radius 2 is 2.16 bits per heavy atom. The van der Waals surface area contributed by atoms with Crippen LogP contribution in [0.3, 0.4) is 0 Å². The van der Waals surface area contributed by atoms with Crippen LogP contribution in [0.25, 0.3) is 11.4 Å². The molecule has 0 bridgehead atoms. The molecule has 2 aromatic rings. The van der Waals surface area contributed by atoms with Gasteiger partial charge in [0, 0.05) is 10.6 Å². The first kappa shape index (κ1) is 13.6. The summed E-state index contributed by atoms with van der Waals surface area (Å²) in [5.74, 6) is 0.159. The molecule has 0 unspecified atom stereocenters. The zero-order valence-corrected chi connectivity index (χ0v) is 11.6. The van der Waals surface area contributed by atoms with Gasteiger partial charge in [-0.25, -0.2) is 0 Å². The molecule has 0 radical (unpaired) electrons. The van der Waals surface area contributed by atoms with E-state index in [2.05, 4.69) is 9.97 Å². The average molecular weight is 279 g/mol. The van der Waals surface area contributed by atoms with Crippen molar-refractivity contribution in [2.75, 3.05) is 0 Å². The van der Waals surface area contributed by atoms with Gasteiger partial charge in [-0.1, -0.05) is 24.9 Å². The van der Waals surface area contributed by atoms with Crippen molar-refractivity contribution in [1.82, 2.24) is 9.97 Å². The minimum absolute atomic E-state index is 0.199. The number of aromatic nitrogens is 2. The second-order valence-corrected chi connectivity index (χ2v) is 4.86. The molecule has 0 aliphatic rings. The lowest BCUT2D eigenvalue weighted by atomic mass is 10.1. The number of nitrogens with one attached hydrogen (secondary N) is 1. The molecule has 2 N–H and O–H groups in total. The summed E-state index contributed by atoms with van der Waals surface area (Å²) in [4.78, 5) is 18.7. The highest BCUT2D eigenvalue weighted by atomic mass is 35.5. The van der Waals surface area contributed by atoms with Gasteiger partial charge in [0.05, 0.1) is 5.56 Å². The van der Waals surface area contributed by atoms with Crippen molar-refractivity contribution < 1.29 is 5.11 Å². The first-order valence-corrected chi connectivity index (χ1v) is 6.49. The minimum atomic E-state index is -0.293. The molecule has 0 fully saturated rings. The summed E-state index contributed by atoms with van der Waals surface area (Å²) < 4.78 is 0. The van der Waals surface area contributed by atoms with Crippen molar-refractivity contribution in [3.63, 3.8) is 0 Å².